The van der Waals surface area contributed by atoms with Crippen molar-refractivity contribution >= 4 is 5.91 Å². The molecule has 4 nitrogen and oxygen atoms in total. The van der Waals surface area contributed by atoms with E-state index in [1.54, 1.807) is 7.11 Å². The fourth-order valence-electron chi connectivity index (χ4n) is 1.59. The summed E-state index contributed by atoms with van der Waals surface area (Å²) in [5.74, 6) is -2.44. The van der Waals surface area contributed by atoms with Crippen LogP contribution in [0.4, 0.5) is 17.6 Å². The van der Waals surface area contributed by atoms with E-state index in [4.69, 9.17) is 4.74 Å². The fourth-order valence-corrected chi connectivity index (χ4v) is 1.59. The van der Waals surface area contributed by atoms with Crippen LogP contribution in [0.2, 0.25) is 0 Å². The Morgan fingerprint density at radius 2 is 1.95 bits per heavy atom. The van der Waals surface area contributed by atoms with Crippen molar-refractivity contribution < 1.29 is 27.1 Å². The first-order chi connectivity index (χ1) is 9.88. The summed E-state index contributed by atoms with van der Waals surface area (Å²) in [4.78, 5) is 11.7. The number of benzene rings is 1. The molecule has 118 valence electrons. The summed E-state index contributed by atoms with van der Waals surface area (Å²) in [5, 5.41) is 5.28. The minimum absolute atomic E-state index is 0.165. The maximum absolute atomic E-state index is 13.7. The quantitative estimate of drug-likeness (QED) is 0.597. The Labute approximate surface area is 119 Å². The highest BCUT2D eigenvalue weighted by Crippen LogP contribution is 2.32. The Balaban J connectivity index is 2.59. The second-order valence-corrected chi connectivity index (χ2v) is 4.16. The standard InChI is InChI=1S/C13H16F4N2O2/c1-21-8-7-18-5-6-19-12(20)9-3-2-4-10(11(9)14)13(15,16)17/h2-4,18H,5-8H2,1H3,(H,19,20). The summed E-state index contributed by atoms with van der Waals surface area (Å²) in [5.41, 5.74) is -2.07. The third kappa shape index (κ3) is 5.31. The molecule has 0 radical (unpaired) electrons. The molecule has 2 N–H and O–H groups in total. The van der Waals surface area contributed by atoms with E-state index in [1.165, 1.54) is 0 Å². The van der Waals surface area contributed by atoms with Crippen molar-refractivity contribution in [1.82, 2.24) is 10.6 Å². The second-order valence-electron chi connectivity index (χ2n) is 4.16. The number of rotatable bonds is 7. The van der Waals surface area contributed by atoms with E-state index in [9.17, 15) is 22.4 Å². The number of hydrogen-bond acceptors (Lipinski definition) is 3. The zero-order valence-electron chi connectivity index (χ0n) is 11.4. The van der Waals surface area contributed by atoms with Crippen LogP contribution in [0.15, 0.2) is 18.2 Å². The predicted molar refractivity (Wildman–Crippen MR) is 68.5 cm³/mol. The number of alkyl halides is 3. The first kappa shape index (κ1) is 17.4. The largest absolute Gasteiger partial charge is 0.419 e. The summed E-state index contributed by atoms with van der Waals surface area (Å²) in [6.45, 7) is 1.63. The lowest BCUT2D eigenvalue weighted by molar-refractivity contribution is -0.140. The van der Waals surface area contributed by atoms with Crippen molar-refractivity contribution in [2.45, 2.75) is 6.18 Å². The lowest BCUT2D eigenvalue weighted by Gasteiger charge is -2.11. The van der Waals surface area contributed by atoms with Crippen LogP contribution in [-0.4, -0.2) is 39.3 Å². The van der Waals surface area contributed by atoms with Gasteiger partial charge in [0.15, 0.2) is 0 Å². The molecule has 0 saturated carbocycles. The number of nitrogens with one attached hydrogen (secondary N) is 2. The predicted octanol–water partition coefficient (Wildman–Crippen LogP) is 1.81. The van der Waals surface area contributed by atoms with Crippen molar-refractivity contribution in [3.05, 3.63) is 35.1 Å². The van der Waals surface area contributed by atoms with Crippen molar-refractivity contribution in [3.8, 4) is 0 Å². The number of carbonyl (C=O) groups excluding carboxylic acids is 1. The summed E-state index contributed by atoms with van der Waals surface area (Å²) in [6.07, 6.45) is -4.83. The zero-order valence-corrected chi connectivity index (χ0v) is 11.4. The fraction of sp³-hybridized carbons (Fsp3) is 0.462. The molecule has 0 saturated heterocycles. The van der Waals surface area contributed by atoms with Gasteiger partial charge in [0.05, 0.1) is 17.7 Å². The van der Waals surface area contributed by atoms with Gasteiger partial charge in [-0.3, -0.25) is 4.79 Å². The lowest BCUT2D eigenvalue weighted by Crippen LogP contribution is -2.33. The Kier molecular flexibility index (Phi) is 6.57. The van der Waals surface area contributed by atoms with Crippen molar-refractivity contribution in [1.29, 1.82) is 0 Å². The molecular formula is C13H16F4N2O2. The van der Waals surface area contributed by atoms with Crippen LogP contribution in [0, 0.1) is 5.82 Å². The van der Waals surface area contributed by atoms with Gasteiger partial charge in [-0.15, -0.1) is 0 Å². The van der Waals surface area contributed by atoms with Gasteiger partial charge in [-0.1, -0.05) is 6.07 Å². The SMILES string of the molecule is COCCNCCNC(=O)c1cccc(C(F)(F)F)c1F. The molecule has 0 aliphatic rings. The molecular weight excluding hydrogens is 292 g/mol. The first-order valence-electron chi connectivity index (χ1n) is 6.21. The minimum atomic E-state index is -4.83. The van der Waals surface area contributed by atoms with Crippen LogP contribution in [0.3, 0.4) is 0 Å². The third-order valence-electron chi connectivity index (χ3n) is 2.62. The Hall–Kier alpha value is -1.67. The minimum Gasteiger partial charge on any atom is -0.383 e. The van der Waals surface area contributed by atoms with Crippen LogP contribution < -0.4 is 10.6 Å². The van der Waals surface area contributed by atoms with Gasteiger partial charge in [-0.2, -0.15) is 13.2 Å². The lowest BCUT2D eigenvalue weighted by atomic mass is 10.1. The number of hydrogen-bond donors (Lipinski definition) is 2. The van der Waals surface area contributed by atoms with Crippen molar-refractivity contribution in [2.24, 2.45) is 0 Å². The average molecular weight is 308 g/mol. The van der Waals surface area contributed by atoms with Crippen molar-refractivity contribution in [2.75, 3.05) is 33.4 Å². The van der Waals surface area contributed by atoms with Gasteiger partial charge in [0.2, 0.25) is 0 Å². The zero-order chi connectivity index (χ0) is 15.9. The summed E-state index contributed by atoms with van der Waals surface area (Å²) < 4.78 is 56.0. The first-order valence-corrected chi connectivity index (χ1v) is 6.21. The molecule has 0 spiro atoms. The highest BCUT2D eigenvalue weighted by molar-refractivity contribution is 5.94. The average Bonchev–Trinajstić information content (AvgIpc) is 2.41. The van der Waals surface area contributed by atoms with Gasteiger partial charge < -0.3 is 15.4 Å². The molecule has 21 heavy (non-hydrogen) atoms. The van der Waals surface area contributed by atoms with Crippen LogP contribution in [0.5, 0.6) is 0 Å². The maximum atomic E-state index is 13.7. The normalized spacial score (nSPS) is 11.5. The number of methoxy groups -OCH3 is 1. The van der Waals surface area contributed by atoms with Crippen LogP contribution >= 0.6 is 0 Å². The van der Waals surface area contributed by atoms with Gasteiger partial charge in [0.25, 0.3) is 5.91 Å². The molecule has 0 fully saturated rings. The highest BCUT2D eigenvalue weighted by Gasteiger charge is 2.35. The molecule has 0 heterocycles. The smallest absolute Gasteiger partial charge is 0.383 e. The van der Waals surface area contributed by atoms with Crippen LogP contribution in [0.25, 0.3) is 0 Å². The van der Waals surface area contributed by atoms with E-state index in [1.807, 2.05) is 0 Å². The molecule has 0 bridgehead atoms. The van der Waals surface area contributed by atoms with Gasteiger partial charge >= 0.3 is 6.18 Å². The number of halogens is 4. The van der Waals surface area contributed by atoms with Gasteiger partial charge in [0, 0.05) is 26.7 Å². The molecule has 1 aromatic rings. The number of ether oxygens (including phenoxy) is 1. The molecule has 1 amide bonds. The van der Waals surface area contributed by atoms with E-state index < -0.39 is 29.0 Å². The van der Waals surface area contributed by atoms with E-state index in [2.05, 4.69) is 10.6 Å². The van der Waals surface area contributed by atoms with E-state index in [0.29, 0.717) is 25.8 Å². The second kappa shape index (κ2) is 7.94. The molecule has 0 aliphatic carbocycles. The molecule has 1 aromatic carbocycles. The highest BCUT2D eigenvalue weighted by atomic mass is 19.4. The summed E-state index contributed by atoms with van der Waals surface area (Å²) in [7, 11) is 1.54. The third-order valence-corrected chi connectivity index (χ3v) is 2.62. The van der Waals surface area contributed by atoms with Gasteiger partial charge in [0.1, 0.15) is 5.82 Å². The van der Waals surface area contributed by atoms with Gasteiger partial charge in [-0.05, 0) is 12.1 Å². The van der Waals surface area contributed by atoms with E-state index >= 15 is 0 Å². The Morgan fingerprint density at radius 3 is 2.57 bits per heavy atom. The Bertz CT molecular complexity index is 478. The summed E-state index contributed by atoms with van der Waals surface area (Å²) in [6, 6.07) is 2.61. The molecule has 0 aromatic heterocycles. The van der Waals surface area contributed by atoms with Gasteiger partial charge in [-0.25, -0.2) is 4.39 Å². The van der Waals surface area contributed by atoms with E-state index in [-0.39, 0.29) is 6.54 Å². The van der Waals surface area contributed by atoms with E-state index in [0.717, 1.165) is 12.1 Å². The molecule has 0 atom stereocenters. The van der Waals surface area contributed by atoms with Crippen molar-refractivity contribution in [3.63, 3.8) is 0 Å². The molecule has 1 rings (SSSR count). The topological polar surface area (TPSA) is 50.4 Å². The number of amides is 1. The Morgan fingerprint density at radius 1 is 1.24 bits per heavy atom. The van der Waals surface area contributed by atoms with Crippen LogP contribution in [0.1, 0.15) is 15.9 Å². The molecule has 8 heteroatoms. The number of carbonyl (C=O) groups is 1. The van der Waals surface area contributed by atoms with Crippen LogP contribution in [-0.2, 0) is 10.9 Å². The summed E-state index contributed by atoms with van der Waals surface area (Å²) >= 11 is 0. The monoisotopic (exact) mass is 308 g/mol. The molecule has 0 unspecified atom stereocenters. The maximum Gasteiger partial charge on any atom is 0.419 e. The molecule has 0 aliphatic heterocycles.